The summed E-state index contributed by atoms with van der Waals surface area (Å²) >= 11 is 0. The van der Waals surface area contributed by atoms with E-state index in [1.54, 1.807) is 13.8 Å². The van der Waals surface area contributed by atoms with E-state index in [1.165, 1.54) is 6.92 Å². The maximum atomic E-state index is 11.4. The van der Waals surface area contributed by atoms with Crippen molar-refractivity contribution in [2.75, 3.05) is 0 Å². The minimum atomic E-state index is -0.739. The summed E-state index contributed by atoms with van der Waals surface area (Å²) in [5.41, 5.74) is 4.97. The van der Waals surface area contributed by atoms with Gasteiger partial charge in [-0.15, -0.1) is 0 Å². The van der Waals surface area contributed by atoms with Crippen LogP contribution in [-0.4, -0.2) is 17.9 Å². The van der Waals surface area contributed by atoms with Crippen LogP contribution in [0.2, 0.25) is 0 Å². The normalized spacial score (nSPS) is 14.2. The average Bonchev–Trinajstić information content (AvgIpc) is 2.04. The summed E-state index contributed by atoms with van der Waals surface area (Å²) in [5.74, 6) is -1.88. The number of nitrogens with two attached hydrogens (primary N) is 1. The highest BCUT2D eigenvalue weighted by atomic mass is 16.2. The number of hydrogen-bond donors (Lipinski definition) is 2. The molecule has 0 radical (unpaired) electrons. The van der Waals surface area contributed by atoms with Crippen molar-refractivity contribution in [3.05, 3.63) is 0 Å². The van der Waals surface area contributed by atoms with Gasteiger partial charge in [-0.1, -0.05) is 13.8 Å². The minimum Gasteiger partial charge on any atom is -0.368 e. The summed E-state index contributed by atoms with van der Waals surface area (Å²) < 4.78 is 0. The zero-order valence-electron chi connectivity index (χ0n) is 8.57. The Morgan fingerprint density at radius 3 is 2.14 bits per heavy atom. The molecule has 0 aromatic carbocycles. The highest BCUT2D eigenvalue weighted by molar-refractivity contribution is 5.88. The topological polar surface area (TPSA) is 96.0 Å². The zero-order valence-corrected chi connectivity index (χ0v) is 8.57. The van der Waals surface area contributed by atoms with Gasteiger partial charge < -0.3 is 11.1 Å². The van der Waals surface area contributed by atoms with Crippen LogP contribution in [0.3, 0.4) is 0 Å². The number of carbonyl (C=O) groups excluding carboxylic acids is 2. The summed E-state index contributed by atoms with van der Waals surface area (Å²) in [6.07, 6.45) is 0. The van der Waals surface area contributed by atoms with Crippen molar-refractivity contribution in [1.82, 2.24) is 5.32 Å². The summed E-state index contributed by atoms with van der Waals surface area (Å²) in [4.78, 5) is 22.0. The number of nitriles is 1. The van der Waals surface area contributed by atoms with Gasteiger partial charge in [0.2, 0.25) is 11.8 Å². The van der Waals surface area contributed by atoms with E-state index >= 15 is 0 Å². The molecule has 0 saturated heterocycles. The Kier molecular flexibility index (Phi) is 4.64. The van der Waals surface area contributed by atoms with Crippen LogP contribution in [0, 0.1) is 23.2 Å². The highest BCUT2D eigenvalue weighted by Crippen LogP contribution is 2.09. The number of nitrogens with one attached hydrogen (secondary N) is 1. The van der Waals surface area contributed by atoms with Gasteiger partial charge in [0.1, 0.15) is 12.0 Å². The first-order valence-electron chi connectivity index (χ1n) is 4.39. The molecule has 0 rings (SSSR count). The molecule has 2 atom stereocenters. The van der Waals surface area contributed by atoms with E-state index in [1.807, 2.05) is 6.07 Å². The third-order valence-electron chi connectivity index (χ3n) is 1.87. The number of hydrogen-bond acceptors (Lipinski definition) is 3. The van der Waals surface area contributed by atoms with Gasteiger partial charge in [0.05, 0.1) is 6.07 Å². The highest BCUT2D eigenvalue weighted by Gasteiger charge is 2.23. The van der Waals surface area contributed by atoms with Crippen LogP contribution in [0.25, 0.3) is 0 Å². The van der Waals surface area contributed by atoms with Gasteiger partial charge >= 0.3 is 0 Å². The van der Waals surface area contributed by atoms with Crippen LogP contribution in [0.4, 0.5) is 0 Å². The Morgan fingerprint density at radius 1 is 1.36 bits per heavy atom. The van der Waals surface area contributed by atoms with Crippen LogP contribution in [0.15, 0.2) is 0 Å². The van der Waals surface area contributed by atoms with Gasteiger partial charge in [0.25, 0.3) is 0 Å². The molecule has 0 aliphatic carbocycles. The van der Waals surface area contributed by atoms with E-state index in [0.717, 1.165) is 0 Å². The van der Waals surface area contributed by atoms with Crippen molar-refractivity contribution in [2.45, 2.75) is 26.8 Å². The fourth-order valence-electron chi connectivity index (χ4n) is 0.885. The lowest BCUT2D eigenvalue weighted by Gasteiger charge is -2.15. The van der Waals surface area contributed by atoms with Gasteiger partial charge in [-0.05, 0) is 12.8 Å². The fourth-order valence-corrected chi connectivity index (χ4v) is 0.885. The lowest BCUT2D eigenvalue weighted by molar-refractivity contribution is -0.129. The van der Waals surface area contributed by atoms with Gasteiger partial charge in [-0.3, -0.25) is 9.59 Å². The van der Waals surface area contributed by atoms with Crippen molar-refractivity contribution in [2.24, 2.45) is 17.6 Å². The smallest absolute Gasteiger partial charge is 0.239 e. The number of nitrogens with zero attached hydrogens (tertiary/aromatic N) is 1. The van der Waals surface area contributed by atoms with Gasteiger partial charge in [-0.2, -0.15) is 5.26 Å². The van der Waals surface area contributed by atoms with Crippen molar-refractivity contribution in [1.29, 1.82) is 5.26 Å². The Bertz CT molecular complexity index is 268. The third kappa shape index (κ3) is 3.44. The summed E-state index contributed by atoms with van der Waals surface area (Å²) in [6.45, 7) is 5.01. The molecule has 5 heteroatoms. The molecule has 0 heterocycles. The maximum absolute atomic E-state index is 11.4. The molecule has 0 saturated carbocycles. The SMILES string of the molecule is CC(NC(=O)C(C#N)C(C)C)C(N)=O. The van der Waals surface area contributed by atoms with Crippen molar-refractivity contribution in [3.8, 4) is 6.07 Å². The second-order valence-corrected chi connectivity index (χ2v) is 3.48. The van der Waals surface area contributed by atoms with Crippen LogP contribution in [0.1, 0.15) is 20.8 Å². The Hall–Kier alpha value is -1.57. The molecule has 5 nitrogen and oxygen atoms in total. The van der Waals surface area contributed by atoms with Crippen molar-refractivity contribution in [3.63, 3.8) is 0 Å². The molecule has 2 unspecified atom stereocenters. The molecular weight excluding hydrogens is 182 g/mol. The molecule has 2 amide bonds. The first-order valence-corrected chi connectivity index (χ1v) is 4.39. The molecule has 0 aromatic rings. The molecular formula is C9H15N3O2. The first-order chi connectivity index (χ1) is 6.40. The van der Waals surface area contributed by atoms with Gasteiger partial charge in [0, 0.05) is 0 Å². The Labute approximate surface area is 83.3 Å². The van der Waals surface area contributed by atoms with E-state index in [9.17, 15) is 9.59 Å². The molecule has 3 N–H and O–H groups in total. The second kappa shape index (κ2) is 5.22. The largest absolute Gasteiger partial charge is 0.368 e. The third-order valence-corrected chi connectivity index (χ3v) is 1.87. The molecule has 0 aliphatic heterocycles. The van der Waals surface area contributed by atoms with Crippen LogP contribution in [0.5, 0.6) is 0 Å². The monoisotopic (exact) mass is 197 g/mol. The molecule has 0 aliphatic rings. The second-order valence-electron chi connectivity index (χ2n) is 3.48. The lowest BCUT2D eigenvalue weighted by Crippen LogP contribution is -2.45. The Morgan fingerprint density at radius 2 is 1.86 bits per heavy atom. The van der Waals surface area contributed by atoms with Crippen LogP contribution >= 0.6 is 0 Å². The Balaban J connectivity index is 4.34. The van der Waals surface area contributed by atoms with Crippen molar-refractivity contribution < 1.29 is 9.59 Å². The van der Waals surface area contributed by atoms with E-state index in [-0.39, 0.29) is 5.92 Å². The molecule has 78 valence electrons. The number of amides is 2. The maximum Gasteiger partial charge on any atom is 0.239 e. The minimum absolute atomic E-state index is 0.0833. The fraction of sp³-hybridized carbons (Fsp3) is 0.667. The molecule has 0 spiro atoms. The van der Waals surface area contributed by atoms with Gasteiger partial charge in [-0.25, -0.2) is 0 Å². The first kappa shape index (κ1) is 12.4. The van der Waals surface area contributed by atoms with E-state index in [4.69, 9.17) is 11.0 Å². The van der Waals surface area contributed by atoms with Gasteiger partial charge in [0.15, 0.2) is 0 Å². The predicted molar refractivity (Wildman–Crippen MR) is 50.7 cm³/mol. The van der Waals surface area contributed by atoms with Crippen molar-refractivity contribution >= 4 is 11.8 Å². The van der Waals surface area contributed by atoms with E-state index in [2.05, 4.69) is 5.32 Å². The standard InChI is InChI=1S/C9H15N3O2/c1-5(2)7(4-10)9(14)12-6(3)8(11)13/h5-7H,1-3H3,(H2,11,13)(H,12,14). The number of rotatable bonds is 4. The lowest BCUT2D eigenvalue weighted by atomic mass is 9.96. The predicted octanol–water partition coefficient (Wildman–Crippen LogP) is -0.228. The summed E-state index contributed by atoms with van der Waals surface area (Å²) in [7, 11) is 0. The summed E-state index contributed by atoms with van der Waals surface area (Å²) in [6, 6.07) is 1.14. The average molecular weight is 197 g/mol. The van der Waals surface area contributed by atoms with E-state index in [0.29, 0.717) is 0 Å². The molecule has 14 heavy (non-hydrogen) atoms. The molecule has 0 aromatic heterocycles. The van der Waals surface area contributed by atoms with Crippen LogP contribution in [-0.2, 0) is 9.59 Å². The quantitative estimate of drug-likeness (QED) is 0.651. The molecule has 0 bridgehead atoms. The van der Waals surface area contributed by atoms with Crippen LogP contribution < -0.4 is 11.1 Å². The number of primary amides is 1. The zero-order chi connectivity index (χ0) is 11.3. The molecule has 0 fully saturated rings. The summed E-state index contributed by atoms with van der Waals surface area (Å²) in [5, 5.41) is 11.1. The van der Waals surface area contributed by atoms with E-state index < -0.39 is 23.8 Å². The number of carbonyl (C=O) groups is 2.